The Bertz CT molecular complexity index is 1320. The number of hydrogen-bond donors (Lipinski definition) is 0. The van der Waals surface area contributed by atoms with Crippen molar-refractivity contribution in [1.29, 1.82) is 5.26 Å². The summed E-state index contributed by atoms with van der Waals surface area (Å²) in [6, 6.07) is 17.6. The molecule has 35 heavy (non-hydrogen) atoms. The molecule has 1 spiro atoms. The first-order valence-corrected chi connectivity index (χ1v) is 12.0. The Morgan fingerprint density at radius 2 is 1.91 bits per heavy atom. The number of halogens is 2. The molecule has 0 radical (unpaired) electrons. The standard InChI is InChI=1S/C28H24ClFN4O/c29-26-16-22(9-12-32-26)27(35)34-19-28(24-17-23(30)7-8-25(24)34)10-14-33(15-11-28)13-1-2-20-3-5-21(18-31)6-4-20/h1-9,12,16-17H,10-11,13-15,19H2/b2-1+. The zero-order valence-corrected chi connectivity index (χ0v) is 19.9. The summed E-state index contributed by atoms with van der Waals surface area (Å²) >= 11 is 6.01. The molecular formula is C28H24ClFN4O. The first-order chi connectivity index (χ1) is 17.0. The molecule has 5 rings (SSSR count). The Morgan fingerprint density at radius 1 is 1.14 bits per heavy atom. The van der Waals surface area contributed by atoms with Crippen LogP contribution >= 0.6 is 11.6 Å². The minimum Gasteiger partial charge on any atom is -0.307 e. The highest BCUT2D eigenvalue weighted by Gasteiger charge is 2.46. The number of carbonyl (C=O) groups is 1. The van der Waals surface area contributed by atoms with Gasteiger partial charge in [-0.25, -0.2) is 9.37 Å². The van der Waals surface area contributed by atoms with Crippen LogP contribution in [0.1, 0.15) is 39.9 Å². The molecule has 2 aliphatic heterocycles. The maximum atomic E-state index is 14.3. The van der Waals surface area contributed by atoms with E-state index < -0.39 is 0 Å². The third kappa shape index (κ3) is 4.70. The number of fused-ring (bicyclic) bond motifs is 2. The molecule has 0 saturated carbocycles. The van der Waals surface area contributed by atoms with Gasteiger partial charge in [0.1, 0.15) is 11.0 Å². The molecule has 0 aliphatic carbocycles. The van der Waals surface area contributed by atoms with E-state index in [-0.39, 0.29) is 22.3 Å². The van der Waals surface area contributed by atoms with Crippen molar-refractivity contribution in [2.45, 2.75) is 18.3 Å². The van der Waals surface area contributed by atoms with Crippen LogP contribution in [0.2, 0.25) is 5.15 Å². The van der Waals surface area contributed by atoms with Gasteiger partial charge in [-0.05, 0) is 79.5 Å². The predicted octanol–water partition coefficient (Wildman–Crippen LogP) is 5.45. The number of rotatable bonds is 4. The minimum absolute atomic E-state index is 0.146. The van der Waals surface area contributed by atoms with Crippen molar-refractivity contribution in [3.63, 3.8) is 0 Å². The molecule has 0 bridgehead atoms. The highest BCUT2D eigenvalue weighted by atomic mass is 35.5. The Hall–Kier alpha value is -3.53. The lowest BCUT2D eigenvalue weighted by Crippen LogP contribution is -2.46. The number of likely N-dealkylation sites (tertiary alicyclic amines) is 1. The van der Waals surface area contributed by atoms with Gasteiger partial charge in [0.05, 0.1) is 11.6 Å². The van der Waals surface area contributed by atoms with E-state index in [0.29, 0.717) is 17.7 Å². The van der Waals surface area contributed by atoms with Crippen molar-refractivity contribution in [3.8, 4) is 6.07 Å². The summed E-state index contributed by atoms with van der Waals surface area (Å²) in [4.78, 5) is 21.5. The van der Waals surface area contributed by atoms with E-state index in [9.17, 15) is 9.18 Å². The molecule has 7 heteroatoms. The van der Waals surface area contributed by atoms with Gasteiger partial charge in [0.15, 0.2) is 0 Å². The van der Waals surface area contributed by atoms with Crippen LogP contribution in [0.5, 0.6) is 0 Å². The normalized spacial score (nSPS) is 17.0. The summed E-state index contributed by atoms with van der Waals surface area (Å²) in [6.07, 6.45) is 7.40. The molecular weight excluding hydrogens is 463 g/mol. The van der Waals surface area contributed by atoms with Crippen molar-refractivity contribution < 1.29 is 9.18 Å². The first-order valence-electron chi connectivity index (χ1n) is 11.6. The fourth-order valence-corrected chi connectivity index (χ4v) is 5.29. The van der Waals surface area contributed by atoms with E-state index >= 15 is 0 Å². The Kier molecular flexibility index (Phi) is 6.38. The zero-order chi connectivity index (χ0) is 24.4. The predicted molar refractivity (Wildman–Crippen MR) is 135 cm³/mol. The SMILES string of the molecule is N#Cc1ccc(/C=C/CN2CCC3(CC2)CN(C(=O)c2ccnc(Cl)c2)c2ccc(F)cc23)cc1. The zero-order valence-electron chi connectivity index (χ0n) is 19.1. The second kappa shape index (κ2) is 9.61. The average Bonchev–Trinajstić information content (AvgIpc) is 3.18. The largest absolute Gasteiger partial charge is 0.307 e. The summed E-state index contributed by atoms with van der Waals surface area (Å²) in [7, 11) is 0. The number of pyridine rings is 1. The van der Waals surface area contributed by atoms with Gasteiger partial charge in [-0.1, -0.05) is 35.9 Å². The maximum absolute atomic E-state index is 14.3. The quantitative estimate of drug-likeness (QED) is 0.460. The third-order valence-corrected chi connectivity index (χ3v) is 7.23. The monoisotopic (exact) mass is 486 g/mol. The smallest absolute Gasteiger partial charge is 0.258 e. The van der Waals surface area contributed by atoms with Gasteiger partial charge < -0.3 is 4.90 Å². The number of piperidine rings is 1. The van der Waals surface area contributed by atoms with Crippen molar-refractivity contribution in [1.82, 2.24) is 9.88 Å². The van der Waals surface area contributed by atoms with E-state index in [1.54, 1.807) is 29.2 Å². The molecule has 2 aromatic carbocycles. The molecule has 0 atom stereocenters. The molecule has 1 saturated heterocycles. The van der Waals surface area contributed by atoms with Gasteiger partial charge in [0.2, 0.25) is 0 Å². The Labute approximate surface area is 209 Å². The van der Waals surface area contributed by atoms with Gasteiger partial charge in [-0.15, -0.1) is 0 Å². The van der Waals surface area contributed by atoms with Gasteiger partial charge in [0, 0.05) is 36.0 Å². The van der Waals surface area contributed by atoms with Gasteiger partial charge in [-0.3, -0.25) is 9.69 Å². The molecule has 2 aliphatic rings. The topological polar surface area (TPSA) is 60.2 Å². The van der Waals surface area contributed by atoms with Crippen molar-refractivity contribution in [3.05, 3.63) is 100 Å². The molecule has 1 amide bonds. The van der Waals surface area contributed by atoms with Crippen LogP contribution in [0, 0.1) is 17.1 Å². The summed E-state index contributed by atoms with van der Waals surface area (Å²) in [5.41, 5.74) is 3.61. The number of benzene rings is 2. The van der Waals surface area contributed by atoms with Crippen LogP contribution in [0.25, 0.3) is 6.08 Å². The summed E-state index contributed by atoms with van der Waals surface area (Å²) in [5.74, 6) is -0.427. The van der Waals surface area contributed by atoms with E-state index in [1.165, 1.54) is 12.3 Å². The molecule has 3 aromatic rings. The van der Waals surface area contributed by atoms with Crippen LogP contribution < -0.4 is 4.90 Å². The van der Waals surface area contributed by atoms with Gasteiger partial charge >= 0.3 is 0 Å². The number of anilines is 1. The number of aromatic nitrogens is 1. The fraction of sp³-hybridized carbons (Fsp3) is 0.250. The summed E-state index contributed by atoms with van der Waals surface area (Å²) in [5, 5.41) is 9.20. The molecule has 1 aromatic heterocycles. The molecule has 5 nitrogen and oxygen atoms in total. The summed E-state index contributed by atoms with van der Waals surface area (Å²) in [6.45, 7) is 3.05. The highest BCUT2D eigenvalue weighted by Crippen LogP contribution is 2.47. The molecule has 176 valence electrons. The lowest BCUT2D eigenvalue weighted by atomic mass is 9.74. The van der Waals surface area contributed by atoms with Crippen molar-refractivity contribution >= 4 is 29.3 Å². The molecule has 0 N–H and O–H groups in total. The van der Waals surface area contributed by atoms with Gasteiger partial charge in [-0.2, -0.15) is 5.26 Å². The van der Waals surface area contributed by atoms with Crippen LogP contribution in [0.15, 0.2) is 66.9 Å². The summed E-state index contributed by atoms with van der Waals surface area (Å²) < 4.78 is 14.3. The van der Waals surface area contributed by atoms with Crippen molar-refractivity contribution in [2.24, 2.45) is 0 Å². The highest BCUT2D eigenvalue weighted by molar-refractivity contribution is 6.29. The van der Waals surface area contributed by atoms with E-state index in [1.807, 2.05) is 24.3 Å². The minimum atomic E-state index is -0.280. The van der Waals surface area contributed by atoms with Gasteiger partial charge in [0.25, 0.3) is 5.91 Å². The maximum Gasteiger partial charge on any atom is 0.258 e. The molecule has 3 heterocycles. The number of nitrogens with zero attached hydrogens (tertiary/aromatic N) is 4. The third-order valence-electron chi connectivity index (χ3n) is 7.03. The average molecular weight is 487 g/mol. The van der Waals surface area contributed by atoms with Crippen LogP contribution in [0.4, 0.5) is 10.1 Å². The number of nitriles is 1. The molecule has 1 fully saturated rings. The fourth-order valence-electron chi connectivity index (χ4n) is 5.11. The Balaban J connectivity index is 1.30. The lowest BCUT2D eigenvalue weighted by Gasteiger charge is -2.39. The molecule has 0 unspecified atom stereocenters. The van der Waals surface area contributed by atoms with E-state index in [2.05, 4.69) is 28.1 Å². The van der Waals surface area contributed by atoms with E-state index in [0.717, 1.165) is 49.3 Å². The van der Waals surface area contributed by atoms with Crippen molar-refractivity contribution in [2.75, 3.05) is 31.1 Å². The first kappa shape index (κ1) is 23.2. The number of hydrogen-bond acceptors (Lipinski definition) is 4. The lowest BCUT2D eigenvalue weighted by molar-refractivity contribution is 0.0977. The second-order valence-electron chi connectivity index (χ2n) is 9.14. The number of carbonyl (C=O) groups excluding carboxylic acids is 1. The van der Waals surface area contributed by atoms with Crippen LogP contribution in [0.3, 0.4) is 0 Å². The second-order valence-corrected chi connectivity index (χ2v) is 9.52. The van der Waals surface area contributed by atoms with E-state index in [4.69, 9.17) is 16.9 Å². The van der Waals surface area contributed by atoms with Crippen LogP contribution in [-0.2, 0) is 5.41 Å². The van der Waals surface area contributed by atoms with Crippen LogP contribution in [-0.4, -0.2) is 42.0 Å². The Morgan fingerprint density at radius 3 is 2.63 bits per heavy atom. The number of amides is 1.